The van der Waals surface area contributed by atoms with Crippen LogP contribution in [0.25, 0.3) is 0 Å². The summed E-state index contributed by atoms with van der Waals surface area (Å²) in [4.78, 5) is 24.8. The number of carbonyl (C=O) groups excluding carboxylic acids is 2. The second-order valence-corrected chi connectivity index (χ2v) is 6.61. The van der Waals surface area contributed by atoms with Crippen LogP contribution in [-0.4, -0.2) is 39.0 Å². The molecule has 138 valence electrons. The van der Waals surface area contributed by atoms with E-state index in [2.05, 4.69) is 29.7 Å². The van der Waals surface area contributed by atoms with Crippen LogP contribution < -0.4 is 15.5 Å². The van der Waals surface area contributed by atoms with Crippen molar-refractivity contribution in [3.8, 4) is 0 Å². The monoisotopic (exact) mass is 354 g/mol. The maximum atomic E-state index is 12.1. The lowest BCUT2D eigenvalue weighted by molar-refractivity contribution is -0.885. The molecule has 5 heteroatoms. The van der Waals surface area contributed by atoms with Crippen molar-refractivity contribution in [1.82, 2.24) is 10.6 Å². The van der Waals surface area contributed by atoms with Crippen LogP contribution in [0.4, 0.5) is 0 Å². The first-order chi connectivity index (χ1) is 12.5. The van der Waals surface area contributed by atoms with Crippen molar-refractivity contribution in [3.05, 3.63) is 70.8 Å². The lowest BCUT2D eigenvalue weighted by atomic mass is 10.1. The number of rotatable bonds is 8. The van der Waals surface area contributed by atoms with E-state index in [9.17, 15) is 9.59 Å². The summed E-state index contributed by atoms with van der Waals surface area (Å²) in [6.07, 6.45) is 0.846. The lowest BCUT2D eigenvalue weighted by Crippen LogP contribution is -3.08. The van der Waals surface area contributed by atoms with Crippen LogP contribution in [0, 0.1) is 6.92 Å². The number of aryl methyl sites for hydroxylation is 1. The topological polar surface area (TPSA) is 62.6 Å². The minimum absolute atomic E-state index is 0.0538. The molecule has 26 heavy (non-hydrogen) atoms. The van der Waals surface area contributed by atoms with E-state index >= 15 is 0 Å². The molecule has 0 aliphatic carbocycles. The molecule has 0 fully saturated rings. The summed E-state index contributed by atoms with van der Waals surface area (Å²) in [5.41, 5.74) is 4.26. The Morgan fingerprint density at radius 1 is 1.04 bits per heavy atom. The zero-order valence-corrected chi connectivity index (χ0v) is 15.8. The minimum Gasteiger partial charge on any atom is -0.355 e. The molecule has 0 aliphatic heterocycles. The first-order valence-electron chi connectivity index (χ1n) is 8.93. The molecule has 1 atom stereocenters. The molecule has 1 unspecified atom stereocenters. The van der Waals surface area contributed by atoms with Gasteiger partial charge in [0.1, 0.15) is 6.54 Å². The van der Waals surface area contributed by atoms with Crippen LogP contribution in [0.3, 0.4) is 0 Å². The third-order valence-corrected chi connectivity index (χ3v) is 4.39. The van der Waals surface area contributed by atoms with Gasteiger partial charge in [0.25, 0.3) is 11.8 Å². The highest BCUT2D eigenvalue weighted by molar-refractivity contribution is 5.93. The molecule has 0 spiro atoms. The zero-order valence-electron chi connectivity index (χ0n) is 15.8. The summed E-state index contributed by atoms with van der Waals surface area (Å²) < 4.78 is 0. The van der Waals surface area contributed by atoms with Gasteiger partial charge in [-0.05, 0) is 36.6 Å². The quantitative estimate of drug-likeness (QED) is 0.654. The van der Waals surface area contributed by atoms with Gasteiger partial charge in [-0.15, -0.1) is 0 Å². The molecule has 0 saturated heterocycles. The normalized spacial score (nSPS) is 11.7. The molecular formula is C21H28N3O2+. The van der Waals surface area contributed by atoms with Gasteiger partial charge in [-0.25, -0.2) is 0 Å². The standard InChI is InChI=1S/C21H27N3O2/c1-16-6-4-5-7-18(16)12-13-23-20(25)15-24(3)14-17-8-10-19(11-9-17)21(26)22-2/h4-11H,12-15H2,1-3H3,(H,22,26)(H,23,25)/p+1. The Morgan fingerprint density at radius 2 is 1.73 bits per heavy atom. The van der Waals surface area contributed by atoms with E-state index in [-0.39, 0.29) is 11.8 Å². The van der Waals surface area contributed by atoms with E-state index in [0.717, 1.165) is 23.4 Å². The number of amides is 2. The van der Waals surface area contributed by atoms with Crippen LogP contribution in [0.5, 0.6) is 0 Å². The highest BCUT2D eigenvalue weighted by Gasteiger charge is 2.11. The maximum Gasteiger partial charge on any atom is 0.275 e. The Morgan fingerprint density at radius 3 is 2.38 bits per heavy atom. The van der Waals surface area contributed by atoms with E-state index in [4.69, 9.17) is 0 Å². The second-order valence-electron chi connectivity index (χ2n) is 6.61. The van der Waals surface area contributed by atoms with Crippen molar-refractivity contribution in [2.24, 2.45) is 0 Å². The largest absolute Gasteiger partial charge is 0.355 e. The van der Waals surface area contributed by atoms with Crippen molar-refractivity contribution in [2.45, 2.75) is 19.9 Å². The first-order valence-corrected chi connectivity index (χ1v) is 8.93. The molecule has 0 bridgehead atoms. The summed E-state index contributed by atoms with van der Waals surface area (Å²) in [6.45, 7) is 3.90. The van der Waals surface area contributed by atoms with Crippen LogP contribution in [0.15, 0.2) is 48.5 Å². The van der Waals surface area contributed by atoms with E-state index in [0.29, 0.717) is 18.7 Å². The number of likely N-dealkylation sites (N-methyl/N-ethyl adjacent to an activating group) is 1. The molecule has 0 saturated carbocycles. The molecular weight excluding hydrogens is 326 g/mol. The Labute approximate surface area is 155 Å². The fourth-order valence-corrected chi connectivity index (χ4v) is 2.89. The van der Waals surface area contributed by atoms with E-state index in [1.807, 2.05) is 43.4 Å². The minimum atomic E-state index is -0.0923. The second kappa shape index (κ2) is 9.73. The van der Waals surface area contributed by atoms with Crippen molar-refractivity contribution in [3.63, 3.8) is 0 Å². The molecule has 5 nitrogen and oxygen atoms in total. The van der Waals surface area contributed by atoms with E-state index in [1.54, 1.807) is 7.05 Å². The molecule has 2 aromatic carbocycles. The van der Waals surface area contributed by atoms with Gasteiger partial charge >= 0.3 is 0 Å². The Bertz CT molecular complexity index is 741. The zero-order chi connectivity index (χ0) is 18.9. The molecule has 0 radical (unpaired) electrons. The lowest BCUT2D eigenvalue weighted by Gasteiger charge is -2.14. The highest BCUT2D eigenvalue weighted by atomic mass is 16.2. The van der Waals surface area contributed by atoms with Crippen molar-refractivity contribution in [2.75, 3.05) is 27.2 Å². The van der Waals surface area contributed by atoms with Crippen molar-refractivity contribution >= 4 is 11.8 Å². The number of quaternary nitrogens is 1. The van der Waals surface area contributed by atoms with Gasteiger partial charge in [-0.1, -0.05) is 36.4 Å². The van der Waals surface area contributed by atoms with E-state index in [1.165, 1.54) is 11.1 Å². The molecule has 0 aromatic heterocycles. The number of benzene rings is 2. The van der Waals surface area contributed by atoms with Gasteiger partial charge in [0.15, 0.2) is 6.54 Å². The summed E-state index contributed by atoms with van der Waals surface area (Å²) >= 11 is 0. The van der Waals surface area contributed by atoms with Crippen LogP contribution in [-0.2, 0) is 17.8 Å². The fraction of sp³-hybridized carbons (Fsp3) is 0.333. The molecule has 3 N–H and O–H groups in total. The van der Waals surface area contributed by atoms with Crippen LogP contribution in [0.1, 0.15) is 27.0 Å². The number of nitrogens with one attached hydrogen (secondary N) is 3. The molecule has 2 aromatic rings. The Hall–Kier alpha value is -2.66. The van der Waals surface area contributed by atoms with Gasteiger partial charge in [0.05, 0.1) is 7.05 Å². The van der Waals surface area contributed by atoms with Crippen LogP contribution in [0.2, 0.25) is 0 Å². The fourth-order valence-electron chi connectivity index (χ4n) is 2.89. The smallest absolute Gasteiger partial charge is 0.275 e. The van der Waals surface area contributed by atoms with Gasteiger partial charge in [-0.3, -0.25) is 9.59 Å². The van der Waals surface area contributed by atoms with Crippen LogP contribution >= 0.6 is 0 Å². The summed E-state index contributed by atoms with van der Waals surface area (Å²) in [6, 6.07) is 15.7. The average molecular weight is 354 g/mol. The number of hydrogen-bond donors (Lipinski definition) is 3. The van der Waals surface area contributed by atoms with E-state index < -0.39 is 0 Å². The first kappa shape index (κ1) is 19.7. The van der Waals surface area contributed by atoms with Gasteiger partial charge in [0, 0.05) is 24.7 Å². The highest BCUT2D eigenvalue weighted by Crippen LogP contribution is 2.06. The Kier molecular flexibility index (Phi) is 7.36. The summed E-state index contributed by atoms with van der Waals surface area (Å²) in [7, 11) is 3.61. The van der Waals surface area contributed by atoms with Gasteiger partial charge < -0.3 is 15.5 Å². The average Bonchev–Trinajstić information content (AvgIpc) is 2.63. The predicted molar refractivity (Wildman–Crippen MR) is 103 cm³/mol. The predicted octanol–water partition coefficient (Wildman–Crippen LogP) is 0.728. The molecule has 2 rings (SSSR count). The molecule has 0 heterocycles. The number of carbonyl (C=O) groups is 2. The molecule has 2 amide bonds. The summed E-state index contributed by atoms with van der Waals surface area (Å²) in [5.74, 6) is -0.0386. The van der Waals surface area contributed by atoms with Gasteiger partial charge in [-0.2, -0.15) is 0 Å². The van der Waals surface area contributed by atoms with Crippen molar-refractivity contribution < 1.29 is 14.5 Å². The third-order valence-electron chi connectivity index (χ3n) is 4.39. The number of hydrogen-bond acceptors (Lipinski definition) is 2. The molecule has 0 aliphatic rings. The maximum absolute atomic E-state index is 12.1. The Balaban J connectivity index is 1.74. The SMILES string of the molecule is CNC(=O)c1ccc(C[NH+](C)CC(=O)NCCc2ccccc2C)cc1. The third kappa shape index (κ3) is 6.01. The summed E-state index contributed by atoms with van der Waals surface area (Å²) in [5, 5.41) is 5.60. The van der Waals surface area contributed by atoms with Gasteiger partial charge in [0.2, 0.25) is 0 Å². The van der Waals surface area contributed by atoms with Crippen molar-refractivity contribution in [1.29, 1.82) is 0 Å².